The Morgan fingerprint density at radius 2 is 2.00 bits per heavy atom. The maximum atomic E-state index is 5.66. The van der Waals surface area contributed by atoms with Crippen LogP contribution in [0.2, 0.25) is 0 Å². The maximum absolute atomic E-state index is 5.66. The van der Waals surface area contributed by atoms with Crippen LogP contribution >= 0.6 is 15.9 Å². The molecule has 1 heterocycles. The van der Waals surface area contributed by atoms with Gasteiger partial charge in [-0.15, -0.1) is 0 Å². The van der Waals surface area contributed by atoms with Crippen molar-refractivity contribution in [2.75, 3.05) is 7.11 Å². The standard InChI is InChI=1S/C14H18BrN3O/c1-7-5-10(8(2)9(3)14(7)19-4)13-12(15)11(6-16)17-18-13/h5H,6,16H2,1-4H3,(H,17,18). The van der Waals surface area contributed by atoms with Gasteiger partial charge in [0.15, 0.2) is 0 Å². The SMILES string of the molecule is COc1c(C)cc(-c2n[nH]c(CN)c2Br)c(C)c1C. The highest BCUT2D eigenvalue weighted by Gasteiger charge is 2.17. The summed E-state index contributed by atoms with van der Waals surface area (Å²) in [6.07, 6.45) is 0. The lowest BCUT2D eigenvalue weighted by atomic mass is 9.96. The van der Waals surface area contributed by atoms with E-state index in [0.29, 0.717) is 6.54 Å². The molecule has 0 radical (unpaired) electrons. The molecule has 19 heavy (non-hydrogen) atoms. The summed E-state index contributed by atoms with van der Waals surface area (Å²) in [5.74, 6) is 0.937. The number of nitrogens with two attached hydrogens (primary N) is 1. The minimum absolute atomic E-state index is 0.431. The van der Waals surface area contributed by atoms with Crippen LogP contribution in [-0.2, 0) is 6.54 Å². The van der Waals surface area contributed by atoms with Gasteiger partial charge in [0.2, 0.25) is 0 Å². The van der Waals surface area contributed by atoms with Crippen LogP contribution in [0.3, 0.4) is 0 Å². The van der Waals surface area contributed by atoms with Crippen LogP contribution in [0.15, 0.2) is 10.5 Å². The average Bonchev–Trinajstić information content (AvgIpc) is 2.75. The number of rotatable bonds is 3. The molecule has 0 unspecified atom stereocenters. The first kappa shape index (κ1) is 14.1. The zero-order valence-corrected chi connectivity index (χ0v) is 13.2. The van der Waals surface area contributed by atoms with Crippen molar-refractivity contribution < 1.29 is 4.74 Å². The van der Waals surface area contributed by atoms with Crippen LogP contribution < -0.4 is 10.5 Å². The van der Waals surface area contributed by atoms with Crippen molar-refractivity contribution in [3.8, 4) is 17.0 Å². The molecule has 0 aliphatic heterocycles. The van der Waals surface area contributed by atoms with Crippen molar-refractivity contribution in [1.29, 1.82) is 0 Å². The van der Waals surface area contributed by atoms with Gasteiger partial charge >= 0.3 is 0 Å². The van der Waals surface area contributed by atoms with Gasteiger partial charge in [0.05, 0.1) is 17.3 Å². The molecular formula is C14H18BrN3O. The van der Waals surface area contributed by atoms with Crippen molar-refractivity contribution in [2.45, 2.75) is 27.3 Å². The highest BCUT2D eigenvalue weighted by Crippen LogP contribution is 2.37. The molecule has 0 fully saturated rings. The number of hydrogen-bond acceptors (Lipinski definition) is 3. The Labute approximate surface area is 121 Å². The second-order valence-electron chi connectivity index (χ2n) is 4.59. The monoisotopic (exact) mass is 323 g/mol. The molecule has 1 aromatic heterocycles. The molecule has 102 valence electrons. The quantitative estimate of drug-likeness (QED) is 0.911. The van der Waals surface area contributed by atoms with Crippen molar-refractivity contribution in [3.63, 3.8) is 0 Å². The third kappa shape index (κ3) is 2.28. The number of nitrogens with one attached hydrogen (secondary N) is 1. The first-order valence-corrected chi connectivity index (χ1v) is 6.88. The number of aryl methyl sites for hydroxylation is 1. The van der Waals surface area contributed by atoms with Crippen LogP contribution in [0.5, 0.6) is 5.75 Å². The lowest BCUT2D eigenvalue weighted by Crippen LogP contribution is -1.97. The molecule has 4 nitrogen and oxygen atoms in total. The van der Waals surface area contributed by atoms with Gasteiger partial charge in [-0.3, -0.25) is 5.10 Å². The Bertz CT molecular complexity index is 620. The van der Waals surface area contributed by atoms with Crippen LogP contribution in [0, 0.1) is 20.8 Å². The van der Waals surface area contributed by atoms with E-state index in [4.69, 9.17) is 10.5 Å². The summed E-state index contributed by atoms with van der Waals surface area (Å²) in [4.78, 5) is 0. The highest BCUT2D eigenvalue weighted by molar-refractivity contribution is 9.10. The van der Waals surface area contributed by atoms with Gasteiger partial charge in [0, 0.05) is 12.1 Å². The molecule has 0 bridgehead atoms. The van der Waals surface area contributed by atoms with Gasteiger partial charge in [-0.05, 0) is 59.5 Å². The summed E-state index contributed by atoms with van der Waals surface area (Å²) in [5.41, 5.74) is 12.0. The van der Waals surface area contributed by atoms with Gasteiger partial charge in [-0.2, -0.15) is 5.10 Å². The molecule has 2 aromatic rings. The molecule has 5 heteroatoms. The van der Waals surface area contributed by atoms with E-state index in [1.54, 1.807) is 7.11 Å². The van der Waals surface area contributed by atoms with Crippen molar-refractivity contribution in [1.82, 2.24) is 10.2 Å². The van der Waals surface area contributed by atoms with Crippen LogP contribution in [0.4, 0.5) is 0 Å². The van der Waals surface area contributed by atoms with Gasteiger partial charge in [0.1, 0.15) is 11.4 Å². The topological polar surface area (TPSA) is 63.9 Å². The molecule has 0 aliphatic carbocycles. The number of hydrogen-bond donors (Lipinski definition) is 2. The molecule has 0 saturated carbocycles. The fourth-order valence-electron chi connectivity index (χ4n) is 2.30. The Morgan fingerprint density at radius 3 is 2.53 bits per heavy atom. The van der Waals surface area contributed by atoms with Crippen molar-refractivity contribution in [3.05, 3.63) is 32.9 Å². The molecule has 0 atom stereocenters. The number of aromatic amines is 1. The zero-order chi connectivity index (χ0) is 14.2. The third-order valence-corrected chi connectivity index (χ3v) is 4.32. The summed E-state index contributed by atoms with van der Waals surface area (Å²) < 4.78 is 6.38. The average molecular weight is 324 g/mol. The van der Waals surface area contributed by atoms with E-state index in [0.717, 1.165) is 38.3 Å². The summed E-state index contributed by atoms with van der Waals surface area (Å²) >= 11 is 3.56. The number of aromatic nitrogens is 2. The molecule has 0 saturated heterocycles. The lowest BCUT2D eigenvalue weighted by Gasteiger charge is -2.14. The van der Waals surface area contributed by atoms with E-state index in [1.165, 1.54) is 5.56 Å². The number of methoxy groups -OCH3 is 1. The molecule has 0 amide bonds. The largest absolute Gasteiger partial charge is 0.496 e. The number of benzene rings is 1. The van der Waals surface area contributed by atoms with E-state index in [2.05, 4.69) is 46.0 Å². The normalized spacial score (nSPS) is 10.8. The second kappa shape index (κ2) is 5.35. The molecule has 0 aliphatic rings. The Kier molecular flexibility index (Phi) is 3.96. The summed E-state index contributed by atoms with van der Waals surface area (Å²) in [7, 11) is 1.70. The summed E-state index contributed by atoms with van der Waals surface area (Å²) in [5, 5.41) is 7.33. The summed E-state index contributed by atoms with van der Waals surface area (Å²) in [6, 6.07) is 2.10. The van der Waals surface area contributed by atoms with E-state index < -0.39 is 0 Å². The van der Waals surface area contributed by atoms with Gasteiger partial charge < -0.3 is 10.5 Å². The molecule has 2 rings (SSSR count). The van der Waals surface area contributed by atoms with Gasteiger partial charge in [-0.1, -0.05) is 0 Å². The number of ether oxygens (including phenoxy) is 1. The minimum Gasteiger partial charge on any atom is -0.496 e. The maximum Gasteiger partial charge on any atom is 0.124 e. The predicted octanol–water partition coefficient (Wildman–Crippen LogP) is 3.23. The second-order valence-corrected chi connectivity index (χ2v) is 5.39. The van der Waals surface area contributed by atoms with E-state index in [9.17, 15) is 0 Å². The zero-order valence-electron chi connectivity index (χ0n) is 11.6. The Morgan fingerprint density at radius 1 is 1.32 bits per heavy atom. The van der Waals surface area contributed by atoms with E-state index >= 15 is 0 Å². The number of halogens is 1. The summed E-state index contributed by atoms with van der Waals surface area (Å²) in [6.45, 7) is 6.62. The van der Waals surface area contributed by atoms with Crippen LogP contribution in [0.1, 0.15) is 22.4 Å². The van der Waals surface area contributed by atoms with Crippen LogP contribution in [0.25, 0.3) is 11.3 Å². The van der Waals surface area contributed by atoms with Crippen molar-refractivity contribution >= 4 is 15.9 Å². The predicted molar refractivity (Wildman–Crippen MR) is 80.4 cm³/mol. The number of H-pyrrole nitrogens is 1. The molecule has 1 aromatic carbocycles. The molecular weight excluding hydrogens is 306 g/mol. The minimum atomic E-state index is 0.431. The molecule has 3 N–H and O–H groups in total. The van der Waals surface area contributed by atoms with Gasteiger partial charge in [0.25, 0.3) is 0 Å². The van der Waals surface area contributed by atoms with Crippen LogP contribution in [-0.4, -0.2) is 17.3 Å². The highest BCUT2D eigenvalue weighted by atomic mass is 79.9. The number of nitrogens with zero attached hydrogens (tertiary/aromatic N) is 1. The van der Waals surface area contributed by atoms with E-state index in [-0.39, 0.29) is 0 Å². The smallest absolute Gasteiger partial charge is 0.124 e. The fraction of sp³-hybridized carbons (Fsp3) is 0.357. The van der Waals surface area contributed by atoms with E-state index in [1.807, 2.05) is 6.92 Å². The first-order valence-electron chi connectivity index (χ1n) is 6.09. The molecule has 0 spiro atoms. The fourth-order valence-corrected chi connectivity index (χ4v) is 2.85. The van der Waals surface area contributed by atoms with Crippen molar-refractivity contribution in [2.24, 2.45) is 5.73 Å². The van der Waals surface area contributed by atoms with Gasteiger partial charge in [-0.25, -0.2) is 0 Å². The Hall–Kier alpha value is -1.33. The Balaban J connectivity index is 2.66. The first-order chi connectivity index (χ1) is 9.01. The third-order valence-electron chi connectivity index (χ3n) is 3.46. The lowest BCUT2D eigenvalue weighted by molar-refractivity contribution is 0.408.